The number of anilines is 1. The average Bonchev–Trinajstić information content (AvgIpc) is 2.66. The summed E-state index contributed by atoms with van der Waals surface area (Å²) < 4.78 is 54.2. The second-order valence-corrected chi connectivity index (χ2v) is 5.86. The van der Waals surface area contributed by atoms with E-state index in [1.54, 1.807) is 0 Å². The van der Waals surface area contributed by atoms with Crippen molar-refractivity contribution in [2.45, 2.75) is 12.2 Å². The Morgan fingerprint density at radius 2 is 1.79 bits per heavy atom. The van der Waals surface area contributed by atoms with E-state index in [0.29, 0.717) is 0 Å². The van der Waals surface area contributed by atoms with Crippen LogP contribution >= 0.6 is 0 Å². The van der Waals surface area contributed by atoms with Crippen molar-refractivity contribution in [2.75, 3.05) is 33.3 Å². The SMILES string of the molecule is COC(=O)C(c1cc(O)c(OC)c(OC)c1)N(C)c1cccc(C(F)(F)F)c1. The molecule has 0 fully saturated rings. The summed E-state index contributed by atoms with van der Waals surface area (Å²) in [4.78, 5) is 13.8. The van der Waals surface area contributed by atoms with Gasteiger partial charge in [0.2, 0.25) is 5.75 Å². The Morgan fingerprint density at radius 3 is 2.32 bits per heavy atom. The maximum absolute atomic E-state index is 13.0. The number of carbonyl (C=O) groups is 1. The van der Waals surface area contributed by atoms with Crippen molar-refractivity contribution in [1.29, 1.82) is 0 Å². The summed E-state index contributed by atoms with van der Waals surface area (Å²) in [6.07, 6.45) is -4.53. The molecule has 0 aliphatic carbocycles. The summed E-state index contributed by atoms with van der Waals surface area (Å²) in [5, 5.41) is 10.2. The molecule has 0 heterocycles. The molecule has 9 heteroatoms. The number of halogens is 3. The maximum Gasteiger partial charge on any atom is 0.416 e. The molecule has 28 heavy (non-hydrogen) atoms. The lowest BCUT2D eigenvalue weighted by Gasteiger charge is -2.29. The highest BCUT2D eigenvalue weighted by molar-refractivity contribution is 5.82. The maximum atomic E-state index is 13.0. The predicted octanol–water partition coefficient (Wildman–Crippen LogP) is 3.78. The number of alkyl halides is 3. The van der Waals surface area contributed by atoms with Crippen molar-refractivity contribution in [2.24, 2.45) is 0 Å². The molecule has 0 aliphatic rings. The number of nitrogens with zero attached hydrogens (tertiary/aromatic N) is 1. The van der Waals surface area contributed by atoms with Gasteiger partial charge in [-0.3, -0.25) is 0 Å². The van der Waals surface area contributed by atoms with Gasteiger partial charge in [-0.1, -0.05) is 6.07 Å². The van der Waals surface area contributed by atoms with Crippen LogP contribution in [0.1, 0.15) is 17.2 Å². The molecule has 0 radical (unpaired) electrons. The second kappa shape index (κ2) is 8.28. The van der Waals surface area contributed by atoms with Gasteiger partial charge in [0.25, 0.3) is 0 Å². The van der Waals surface area contributed by atoms with E-state index in [4.69, 9.17) is 14.2 Å². The van der Waals surface area contributed by atoms with E-state index in [1.165, 1.54) is 50.4 Å². The third-order valence-electron chi connectivity index (χ3n) is 4.19. The monoisotopic (exact) mass is 399 g/mol. The Labute approximate surface area is 160 Å². The summed E-state index contributed by atoms with van der Waals surface area (Å²) in [6.45, 7) is 0. The third kappa shape index (κ3) is 4.24. The van der Waals surface area contributed by atoms with Crippen LogP contribution in [0.4, 0.5) is 18.9 Å². The van der Waals surface area contributed by atoms with Crippen molar-refractivity contribution < 1.29 is 37.3 Å². The molecule has 2 aromatic carbocycles. The molecular weight excluding hydrogens is 379 g/mol. The van der Waals surface area contributed by atoms with Gasteiger partial charge in [-0.25, -0.2) is 4.79 Å². The van der Waals surface area contributed by atoms with Crippen LogP contribution < -0.4 is 14.4 Å². The zero-order chi connectivity index (χ0) is 21.1. The lowest BCUT2D eigenvalue weighted by molar-refractivity contribution is -0.142. The minimum absolute atomic E-state index is 0.0663. The summed E-state index contributed by atoms with van der Waals surface area (Å²) in [5.41, 5.74) is -0.461. The fourth-order valence-corrected chi connectivity index (χ4v) is 2.80. The topological polar surface area (TPSA) is 68.2 Å². The average molecular weight is 399 g/mol. The first-order valence-corrected chi connectivity index (χ1v) is 8.06. The summed E-state index contributed by atoms with van der Waals surface area (Å²) in [7, 11) is 5.30. The van der Waals surface area contributed by atoms with Crippen molar-refractivity contribution in [1.82, 2.24) is 0 Å². The van der Waals surface area contributed by atoms with Gasteiger partial charge in [0.1, 0.15) is 0 Å². The molecule has 0 spiro atoms. The highest BCUT2D eigenvalue weighted by Crippen LogP contribution is 2.41. The fraction of sp³-hybridized carbons (Fsp3) is 0.316. The number of hydrogen-bond acceptors (Lipinski definition) is 6. The Hall–Kier alpha value is -3.10. The molecule has 0 amide bonds. The number of phenols is 1. The molecule has 152 valence electrons. The molecule has 1 N–H and O–H groups in total. The minimum Gasteiger partial charge on any atom is -0.504 e. The molecule has 0 saturated heterocycles. The van der Waals surface area contributed by atoms with E-state index in [-0.39, 0.29) is 28.5 Å². The molecule has 2 rings (SSSR count). The van der Waals surface area contributed by atoms with Crippen molar-refractivity contribution >= 4 is 11.7 Å². The van der Waals surface area contributed by atoms with E-state index in [1.807, 2.05) is 0 Å². The quantitative estimate of drug-likeness (QED) is 0.746. The first-order chi connectivity index (χ1) is 13.1. The summed E-state index contributed by atoms with van der Waals surface area (Å²) in [6, 6.07) is 6.13. The van der Waals surface area contributed by atoms with Crippen LogP contribution in [0, 0.1) is 0 Å². The molecular formula is C19H20F3NO5. The number of ether oxygens (including phenoxy) is 3. The Kier molecular flexibility index (Phi) is 6.27. The van der Waals surface area contributed by atoms with E-state index in [2.05, 4.69) is 0 Å². The second-order valence-electron chi connectivity index (χ2n) is 5.86. The molecule has 0 aromatic heterocycles. The lowest BCUT2D eigenvalue weighted by atomic mass is 10.0. The first-order valence-electron chi connectivity index (χ1n) is 8.06. The fourth-order valence-electron chi connectivity index (χ4n) is 2.80. The molecule has 0 aliphatic heterocycles. The number of esters is 1. The summed E-state index contributed by atoms with van der Waals surface area (Å²) >= 11 is 0. The van der Waals surface area contributed by atoms with Crippen molar-refractivity contribution in [3.63, 3.8) is 0 Å². The van der Waals surface area contributed by atoms with Crippen LogP contribution in [-0.2, 0) is 15.7 Å². The van der Waals surface area contributed by atoms with E-state index in [9.17, 15) is 23.1 Å². The number of methoxy groups -OCH3 is 3. The zero-order valence-corrected chi connectivity index (χ0v) is 15.7. The van der Waals surface area contributed by atoms with Crippen molar-refractivity contribution in [3.8, 4) is 17.2 Å². The molecule has 2 aromatic rings. The van der Waals surface area contributed by atoms with Crippen LogP contribution in [0.2, 0.25) is 0 Å². The molecule has 1 unspecified atom stereocenters. The van der Waals surface area contributed by atoms with E-state index in [0.717, 1.165) is 19.2 Å². The number of hydrogen-bond donors (Lipinski definition) is 1. The van der Waals surface area contributed by atoms with Crippen LogP contribution in [0.5, 0.6) is 17.2 Å². The number of aromatic hydroxyl groups is 1. The predicted molar refractivity (Wildman–Crippen MR) is 95.8 cm³/mol. The minimum atomic E-state index is -4.53. The van der Waals surface area contributed by atoms with Gasteiger partial charge < -0.3 is 24.2 Å². The van der Waals surface area contributed by atoms with Gasteiger partial charge >= 0.3 is 12.1 Å². The smallest absolute Gasteiger partial charge is 0.416 e. The Balaban J connectivity index is 2.56. The van der Waals surface area contributed by atoms with Crippen molar-refractivity contribution in [3.05, 3.63) is 47.5 Å². The number of phenolic OH excluding ortho intramolecular Hbond substituents is 1. The van der Waals surface area contributed by atoms with E-state index >= 15 is 0 Å². The van der Waals surface area contributed by atoms with Gasteiger partial charge in [-0.15, -0.1) is 0 Å². The standard InChI is InChI=1S/C19H20F3NO5/c1-23(13-7-5-6-12(10-13)19(20,21)22)16(18(25)28-4)11-8-14(24)17(27-3)15(9-11)26-2/h5-10,16,24H,1-4H3. The number of carbonyl (C=O) groups excluding carboxylic acids is 1. The number of rotatable bonds is 6. The molecule has 6 nitrogen and oxygen atoms in total. The Bertz CT molecular complexity index is 854. The largest absolute Gasteiger partial charge is 0.504 e. The highest BCUT2D eigenvalue weighted by Gasteiger charge is 2.33. The molecule has 0 saturated carbocycles. The van der Waals surface area contributed by atoms with Crippen LogP contribution in [0.15, 0.2) is 36.4 Å². The molecule has 0 bridgehead atoms. The zero-order valence-electron chi connectivity index (χ0n) is 15.7. The van der Waals surface area contributed by atoms with Crippen LogP contribution in [-0.4, -0.2) is 39.5 Å². The third-order valence-corrected chi connectivity index (χ3v) is 4.19. The van der Waals surface area contributed by atoms with Crippen LogP contribution in [0.25, 0.3) is 0 Å². The first kappa shape index (κ1) is 21.2. The summed E-state index contributed by atoms with van der Waals surface area (Å²) in [5.74, 6) is -0.796. The van der Waals surface area contributed by atoms with Gasteiger partial charge in [0.15, 0.2) is 17.5 Å². The van der Waals surface area contributed by atoms with Crippen LogP contribution in [0.3, 0.4) is 0 Å². The van der Waals surface area contributed by atoms with Gasteiger partial charge in [-0.2, -0.15) is 13.2 Å². The number of likely N-dealkylation sites (N-methyl/N-ethyl adjacent to an activating group) is 1. The lowest BCUT2D eigenvalue weighted by Crippen LogP contribution is -2.32. The normalized spacial score (nSPS) is 12.2. The Morgan fingerprint density at radius 1 is 1.11 bits per heavy atom. The molecule has 1 atom stereocenters. The van der Waals surface area contributed by atoms with E-state index < -0.39 is 23.8 Å². The van der Waals surface area contributed by atoms with Gasteiger partial charge in [0.05, 0.1) is 26.9 Å². The highest BCUT2D eigenvalue weighted by atomic mass is 19.4. The number of benzene rings is 2. The van der Waals surface area contributed by atoms with Gasteiger partial charge in [-0.05, 0) is 35.9 Å². The van der Waals surface area contributed by atoms with Gasteiger partial charge in [0, 0.05) is 12.7 Å².